The summed E-state index contributed by atoms with van der Waals surface area (Å²) < 4.78 is 6.20. The predicted molar refractivity (Wildman–Crippen MR) is 86.9 cm³/mol. The smallest absolute Gasteiger partial charge is 0.310 e. The summed E-state index contributed by atoms with van der Waals surface area (Å²) in [5, 5.41) is 9.58. The van der Waals surface area contributed by atoms with Crippen LogP contribution in [0.1, 0.15) is 45.4 Å². The summed E-state index contributed by atoms with van der Waals surface area (Å²) in [6.45, 7) is 2.14. The molecule has 0 amide bonds. The van der Waals surface area contributed by atoms with E-state index in [9.17, 15) is 14.7 Å². The normalized spacial score (nSPS) is 53.5. The second-order valence-corrected chi connectivity index (χ2v) is 9.25. The summed E-state index contributed by atoms with van der Waals surface area (Å²) in [6, 6.07) is 0. The van der Waals surface area contributed by atoms with E-state index in [4.69, 9.17) is 4.74 Å². The molecule has 4 nitrogen and oxygen atoms in total. The topological polar surface area (TPSA) is 63.6 Å². The number of fused-ring (bicyclic) bond motifs is 2. The highest BCUT2D eigenvalue weighted by molar-refractivity contribution is 5.83. The van der Waals surface area contributed by atoms with Crippen LogP contribution < -0.4 is 0 Å². The maximum Gasteiger partial charge on any atom is 0.310 e. The van der Waals surface area contributed by atoms with Crippen LogP contribution in [-0.4, -0.2) is 22.6 Å². The third-order valence-corrected chi connectivity index (χ3v) is 8.10. The Labute approximate surface area is 142 Å². The summed E-state index contributed by atoms with van der Waals surface area (Å²) in [5.41, 5.74) is -0.362. The first-order chi connectivity index (χ1) is 11.5. The molecule has 0 heterocycles. The van der Waals surface area contributed by atoms with Crippen molar-refractivity contribution in [1.82, 2.24) is 0 Å². The lowest BCUT2D eigenvalue weighted by Gasteiger charge is -2.59. The predicted octanol–water partition coefficient (Wildman–Crippen LogP) is 3.27. The molecule has 24 heavy (non-hydrogen) atoms. The van der Waals surface area contributed by atoms with Gasteiger partial charge in [-0.3, -0.25) is 9.59 Å². The fourth-order valence-electron chi connectivity index (χ4n) is 7.05. The van der Waals surface area contributed by atoms with Gasteiger partial charge in [-0.15, -0.1) is 0 Å². The second kappa shape index (κ2) is 4.86. The molecule has 0 aromatic rings. The van der Waals surface area contributed by atoms with E-state index < -0.39 is 17.8 Å². The van der Waals surface area contributed by atoms with Crippen LogP contribution in [0.25, 0.3) is 0 Å². The summed E-state index contributed by atoms with van der Waals surface area (Å²) in [4.78, 5) is 24.7. The Balaban J connectivity index is 1.39. The summed E-state index contributed by atoms with van der Waals surface area (Å²) in [7, 11) is 0. The zero-order valence-corrected chi connectivity index (χ0v) is 14.2. The number of carbonyl (C=O) groups excluding carboxylic acids is 1. The monoisotopic (exact) mass is 330 g/mol. The fraction of sp³-hybridized carbons (Fsp3) is 0.800. The Morgan fingerprint density at radius 3 is 2.00 bits per heavy atom. The van der Waals surface area contributed by atoms with Crippen LogP contribution in [0.15, 0.2) is 12.2 Å². The molecule has 0 radical (unpaired) electrons. The first kappa shape index (κ1) is 15.0. The number of hydrogen-bond donors (Lipinski definition) is 1. The molecule has 0 spiro atoms. The van der Waals surface area contributed by atoms with E-state index >= 15 is 0 Å². The van der Waals surface area contributed by atoms with Gasteiger partial charge >= 0.3 is 11.9 Å². The summed E-state index contributed by atoms with van der Waals surface area (Å²) in [6.07, 6.45) is 10.9. The van der Waals surface area contributed by atoms with Crippen LogP contribution in [-0.2, 0) is 14.3 Å². The van der Waals surface area contributed by atoms with Crippen LogP contribution >= 0.6 is 0 Å². The summed E-state index contributed by atoms with van der Waals surface area (Å²) >= 11 is 0. The van der Waals surface area contributed by atoms with Crippen molar-refractivity contribution in [3.63, 3.8) is 0 Å². The number of rotatable bonds is 3. The van der Waals surface area contributed by atoms with Gasteiger partial charge in [0.15, 0.2) is 0 Å². The minimum atomic E-state index is -0.843. The molecule has 6 rings (SSSR count). The maximum absolute atomic E-state index is 13.0. The molecule has 5 saturated carbocycles. The van der Waals surface area contributed by atoms with Gasteiger partial charge in [0, 0.05) is 0 Å². The van der Waals surface area contributed by atoms with Crippen molar-refractivity contribution in [2.75, 3.05) is 0 Å². The van der Waals surface area contributed by atoms with Gasteiger partial charge in [0.1, 0.15) is 5.60 Å². The molecule has 6 aliphatic rings. The molecule has 0 aliphatic heterocycles. The fourth-order valence-corrected chi connectivity index (χ4v) is 7.05. The Morgan fingerprint density at radius 1 is 0.917 bits per heavy atom. The molecule has 1 N–H and O–H groups in total. The third kappa shape index (κ3) is 1.91. The van der Waals surface area contributed by atoms with Crippen LogP contribution in [0.4, 0.5) is 0 Å². The van der Waals surface area contributed by atoms with E-state index in [1.807, 2.05) is 12.2 Å². The average molecular weight is 330 g/mol. The Kier molecular flexibility index (Phi) is 3.03. The number of aliphatic carboxylic acids is 1. The number of carboxylic acids is 1. The van der Waals surface area contributed by atoms with Gasteiger partial charge < -0.3 is 9.84 Å². The van der Waals surface area contributed by atoms with Crippen LogP contribution in [0.3, 0.4) is 0 Å². The zero-order chi connectivity index (χ0) is 16.6. The SMILES string of the molecule is CC1(OC(=O)C2C3C=CC(C3)C2C(=O)O)C2CC3CC(C2)CC1C3. The van der Waals surface area contributed by atoms with Gasteiger partial charge in [0.05, 0.1) is 11.8 Å². The number of carbonyl (C=O) groups is 2. The highest BCUT2D eigenvalue weighted by Gasteiger charge is 2.59. The van der Waals surface area contributed by atoms with E-state index in [0.717, 1.165) is 18.3 Å². The summed E-state index contributed by atoms with van der Waals surface area (Å²) in [5.74, 6) is 0.538. The van der Waals surface area contributed by atoms with Crippen LogP contribution in [0.5, 0.6) is 0 Å². The number of allylic oxidation sites excluding steroid dienone is 2. The van der Waals surface area contributed by atoms with Crippen molar-refractivity contribution in [2.24, 2.45) is 47.3 Å². The van der Waals surface area contributed by atoms with Crippen molar-refractivity contribution < 1.29 is 19.4 Å². The van der Waals surface area contributed by atoms with E-state index in [-0.39, 0.29) is 23.4 Å². The van der Waals surface area contributed by atoms with E-state index in [2.05, 4.69) is 6.92 Å². The van der Waals surface area contributed by atoms with Gasteiger partial charge in [-0.05, 0) is 81.0 Å². The largest absolute Gasteiger partial charge is 0.481 e. The van der Waals surface area contributed by atoms with Gasteiger partial charge in [-0.2, -0.15) is 0 Å². The highest BCUT2D eigenvalue weighted by atomic mass is 16.6. The van der Waals surface area contributed by atoms with E-state index in [1.54, 1.807) is 0 Å². The van der Waals surface area contributed by atoms with Crippen LogP contribution in [0.2, 0.25) is 0 Å². The lowest BCUT2D eigenvalue weighted by Crippen LogP contribution is -2.58. The van der Waals surface area contributed by atoms with Crippen LogP contribution in [0, 0.1) is 47.3 Å². The number of esters is 1. The van der Waals surface area contributed by atoms with Crippen molar-refractivity contribution in [3.8, 4) is 0 Å². The minimum absolute atomic E-state index is 0.0105. The van der Waals surface area contributed by atoms with Gasteiger partial charge in [-0.1, -0.05) is 12.2 Å². The molecule has 0 saturated heterocycles. The van der Waals surface area contributed by atoms with Crippen molar-refractivity contribution in [1.29, 1.82) is 0 Å². The Hall–Kier alpha value is -1.32. The molecular weight excluding hydrogens is 304 g/mol. The van der Waals surface area contributed by atoms with E-state index in [1.165, 1.54) is 32.1 Å². The third-order valence-electron chi connectivity index (χ3n) is 8.10. The lowest BCUT2D eigenvalue weighted by atomic mass is 9.50. The van der Waals surface area contributed by atoms with Gasteiger partial charge in [0.2, 0.25) is 0 Å². The van der Waals surface area contributed by atoms with Gasteiger partial charge in [0.25, 0.3) is 0 Å². The molecule has 6 bridgehead atoms. The lowest BCUT2D eigenvalue weighted by molar-refractivity contribution is -0.209. The molecule has 4 heteroatoms. The molecule has 6 aliphatic carbocycles. The van der Waals surface area contributed by atoms with Gasteiger partial charge in [-0.25, -0.2) is 0 Å². The first-order valence-electron chi connectivity index (χ1n) is 9.59. The molecule has 4 atom stereocenters. The number of hydrogen-bond acceptors (Lipinski definition) is 3. The van der Waals surface area contributed by atoms with Crippen molar-refractivity contribution in [3.05, 3.63) is 12.2 Å². The van der Waals surface area contributed by atoms with Crippen molar-refractivity contribution >= 4 is 11.9 Å². The standard InChI is InChI=1S/C20H26O4/c1-20(14-5-10-4-11(7-14)8-15(20)6-10)24-19(23)17-13-3-2-12(9-13)16(17)18(21)22/h2-3,10-17H,4-9H2,1H3,(H,21,22). The molecule has 5 fully saturated rings. The zero-order valence-electron chi connectivity index (χ0n) is 14.2. The van der Waals surface area contributed by atoms with E-state index in [0.29, 0.717) is 11.8 Å². The Morgan fingerprint density at radius 2 is 1.46 bits per heavy atom. The second-order valence-electron chi connectivity index (χ2n) is 9.25. The minimum Gasteiger partial charge on any atom is -0.481 e. The molecule has 0 aromatic heterocycles. The number of carboxylic acid groups (broad SMARTS) is 1. The number of ether oxygens (including phenoxy) is 1. The molecule has 0 aromatic carbocycles. The highest BCUT2D eigenvalue weighted by Crippen LogP contribution is 2.60. The quantitative estimate of drug-likeness (QED) is 0.637. The Bertz CT molecular complexity index is 593. The van der Waals surface area contributed by atoms with Crippen molar-refractivity contribution in [2.45, 2.75) is 51.0 Å². The maximum atomic E-state index is 13.0. The average Bonchev–Trinajstić information content (AvgIpc) is 3.13. The molecule has 130 valence electrons. The molecule has 4 unspecified atom stereocenters. The molecular formula is C20H26O4. The first-order valence-corrected chi connectivity index (χ1v) is 9.59.